The van der Waals surface area contributed by atoms with Crippen LogP contribution >= 0.6 is 11.6 Å². The molecule has 4 unspecified atom stereocenters. The van der Waals surface area contributed by atoms with Crippen molar-refractivity contribution in [2.24, 2.45) is 5.92 Å². The molecule has 3 rings (SSSR count). The van der Waals surface area contributed by atoms with Crippen LogP contribution < -0.4 is 5.73 Å². The Morgan fingerprint density at radius 1 is 1.48 bits per heavy atom. The molecule has 0 aromatic carbocycles. The maximum absolute atomic E-state index is 13.0. The van der Waals surface area contributed by atoms with E-state index in [1.165, 1.54) is 10.9 Å². The van der Waals surface area contributed by atoms with Crippen molar-refractivity contribution in [1.29, 1.82) is 0 Å². The molecule has 4 atom stereocenters. The zero-order valence-corrected chi connectivity index (χ0v) is 11.5. The van der Waals surface area contributed by atoms with E-state index in [1.54, 1.807) is 0 Å². The third-order valence-corrected chi connectivity index (χ3v) is 3.81. The summed E-state index contributed by atoms with van der Waals surface area (Å²) >= 11 is 5.92. The topological polar surface area (TPSA) is 119 Å². The molecule has 8 nitrogen and oxygen atoms in total. The summed E-state index contributed by atoms with van der Waals surface area (Å²) in [5.41, 5.74) is 6.11. The first kappa shape index (κ1) is 14.4. The van der Waals surface area contributed by atoms with Gasteiger partial charge in [-0.3, -0.25) is 8.96 Å². The van der Waals surface area contributed by atoms with E-state index in [0.29, 0.717) is 5.52 Å². The smallest absolute Gasteiger partial charge is 0.223 e. The van der Waals surface area contributed by atoms with Crippen molar-refractivity contribution < 1.29 is 19.3 Å². The van der Waals surface area contributed by atoms with Gasteiger partial charge in [-0.25, -0.2) is 4.98 Å². The highest BCUT2D eigenvalue weighted by molar-refractivity contribution is 6.33. The maximum atomic E-state index is 13.0. The normalized spacial score (nSPS) is 29.3. The standard InChI is InChI=1S/C11H13ClFN5O3/c12-8-6-9(17-11(14)16-8)18(3-15-6)10-7(20)4(1-13)5(2-19)21-10/h3-5,7,10,19-20H,1-2H2,(H2,14,16,17). The maximum Gasteiger partial charge on any atom is 0.223 e. The van der Waals surface area contributed by atoms with E-state index >= 15 is 0 Å². The lowest BCUT2D eigenvalue weighted by atomic mass is 10.0. The monoisotopic (exact) mass is 317 g/mol. The molecule has 3 heterocycles. The highest BCUT2D eigenvalue weighted by Gasteiger charge is 2.44. The van der Waals surface area contributed by atoms with Gasteiger partial charge >= 0.3 is 0 Å². The van der Waals surface area contributed by atoms with Crippen molar-refractivity contribution in [1.82, 2.24) is 19.5 Å². The molecule has 0 saturated carbocycles. The summed E-state index contributed by atoms with van der Waals surface area (Å²) in [6.45, 7) is -1.21. The van der Waals surface area contributed by atoms with Crippen LogP contribution in [0.25, 0.3) is 11.2 Å². The fourth-order valence-electron chi connectivity index (χ4n) is 2.48. The number of aliphatic hydroxyl groups excluding tert-OH is 2. The van der Waals surface area contributed by atoms with Gasteiger partial charge in [0.1, 0.15) is 11.6 Å². The molecule has 0 amide bonds. The molecule has 1 aliphatic heterocycles. The van der Waals surface area contributed by atoms with Crippen LogP contribution in [0, 0.1) is 5.92 Å². The molecule has 1 aliphatic rings. The highest BCUT2D eigenvalue weighted by Crippen LogP contribution is 2.36. The number of rotatable bonds is 3. The molecule has 114 valence electrons. The molecule has 1 fully saturated rings. The number of aliphatic hydroxyl groups is 2. The Labute approximate surface area is 123 Å². The molecule has 0 spiro atoms. The quantitative estimate of drug-likeness (QED) is 0.676. The summed E-state index contributed by atoms with van der Waals surface area (Å²) in [6.07, 6.45) is -1.53. The van der Waals surface area contributed by atoms with Gasteiger partial charge in [0.2, 0.25) is 5.95 Å². The van der Waals surface area contributed by atoms with Gasteiger partial charge in [0.15, 0.2) is 17.0 Å². The summed E-state index contributed by atoms with van der Waals surface area (Å²) in [5.74, 6) is -0.880. The third kappa shape index (κ3) is 2.22. The van der Waals surface area contributed by atoms with E-state index in [0.717, 1.165) is 0 Å². The van der Waals surface area contributed by atoms with Crippen LogP contribution in [0.1, 0.15) is 6.23 Å². The molecule has 1 saturated heterocycles. The number of imidazole rings is 1. The van der Waals surface area contributed by atoms with Crippen LogP contribution in [-0.2, 0) is 4.74 Å². The number of nitrogens with two attached hydrogens (primary N) is 1. The summed E-state index contributed by atoms with van der Waals surface area (Å²) < 4.78 is 19.9. The first-order valence-electron chi connectivity index (χ1n) is 6.22. The van der Waals surface area contributed by atoms with Gasteiger partial charge < -0.3 is 20.7 Å². The highest BCUT2D eigenvalue weighted by atomic mass is 35.5. The number of hydrogen-bond donors (Lipinski definition) is 3. The molecular formula is C11H13ClFN5O3. The fraction of sp³-hybridized carbons (Fsp3) is 0.545. The lowest BCUT2D eigenvalue weighted by Crippen LogP contribution is -2.29. The second-order valence-electron chi connectivity index (χ2n) is 4.75. The molecule has 2 aromatic heterocycles. The number of nitrogen functional groups attached to an aromatic ring is 1. The van der Waals surface area contributed by atoms with Crippen LogP contribution in [0.2, 0.25) is 5.15 Å². The second-order valence-corrected chi connectivity index (χ2v) is 5.11. The molecule has 0 aliphatic carbocycles. The molecule has 2 aromatic rings. The van der Waals surface area contributed by atoms with E-state index in [9.17, 15) is 14.6 Å². The Balaban J connectivity index is 2.05. The van der Waals surface area contributed by atoms with Crippen molar-refractivity contribution in [3.63, 3.8) is 0 Å². The van der Waals surface area contributed by atoms with Gasteiger partial charge in [-0.1, -0.05) is 11.6 Å². The van der Waals surface area contributed by atoms with Crippen LogP contribution in [0.3, 0.4) is 0 Å². The van der Waals surface area contributed by atoms with E-state index < -0.39 is 37.6 Å². The molecule has 21 heavy (non-hydrogen) atoms. The molecule has 0 bridgehead atoms. The zero-order chi connectivity index (χ0) is 15.1. The molecular weight excluding hydrogens is 305 g/mol. The summed E-state index contributed by atoms with van der Waals surface area (Å²) in [5, 5.41) is 19.5. The van der Waals surface area contributed by atoms with Crippen molar-refractivity contribution in [3.05, 3.63) is 11.5 Å². The Hall–Kier alpha value is -1.55. The fourth-order valence-corrected chi connectivity index (χ4v) is 2.70. The number of halogens is 2. The first-order chi connectivity index (χ1) is 10.1. The van der Waals surface area contributed by atoms with Crippen LogP contribution in [0.5, 0.6) is 0 Å². The molecule has 4 N–H and O–H groups in total. The first-order valence-corrected chi connectivity index (χ1v) is 6.60. The van der Waals surface area contributed by atoms with Gasteiger partial charge in [-0.2, -0.15) is 9.97 Å². The van der Waals surface area contributed by atoms with Crippen molar-refractivity contribution in [3.8, 4) is 0 Å². The van der Waals surface area contributed by atoms with Crippen LogP contribution in [0.15, 0.2) is 6.33 Å². The van der Waals surface area contributed by atoms with Crippen LogP contribution in [0.4, 0.5) is 10.3 Å². The van der Waals surface area contributed by atoms with Gasteiger partial charge in [0.25, 0.3) is 0 Å². The number of nitrogens with zero attached hydrogens (tertiary/aromatic N) is 4. The van der Waals surface area contributed by atoms with E-state index in [-0.39, 0.29) is 16.7 Å². The predicted octanol–water partition coefficient (Wildman–Crippen LogP) is -0.102. The number of aromatic nitrogens is 4. The average Bonchev–Trinajstić information content (AvgIpc) is 2.99. The summed E-state index contributed by atoms with van der Waals surface area (Å²) in [4.78, 5) is 11.8. The Morgan fingerprint density at radius 3 is 2.86 bits per heavy atom. The number of anilines is 1. The van der Waals surface area contributed by atoms with E-state index in [4.69, 9.17) is 22.1 Å². The van der Waals surface area contributed by atoms with E-state index in [1.807, 2.05) is 0 Å². The average molecular weight is 318 g/mol. The number of hydrogen-bond acceptors (Lipinski definition) is 7. The Bertz CT molecular complexity index is 669. The van der Waals surface area contributed by atoms with Crippen molar-refractivity contribution in [2.45, 2.75) is 18.4 Å². The van der Waals surface area contributed by atoms with Crippen molar-refractivity contribution in [2.75, 3.05) is 19.0 Å². The Morgan fingerprint density at radius 2 is 2.24 bits per heavy atom. The largest absolute Gasteiger partial charge is 0.394 e. The zero-order valence-electron chi connectivity index (χ0n) is 10.7. The van der Waals surface area contributed by atoms with Gasteiger partial charge in [0.05, 0.1) is 25.7 Å². The molecule has 0 radical (unpaired) electrons. The van der Waals surface area contributed by atoms with Crippen molar-refractivity contribution >= 4 is 28.7 Å². The van der Waals surface area contributed by atoms with E-state index in [2.05, 4.69) is 15.0 Å². The van der Waals surface area contributed by atoms with Crippen LogP contribution in [-0.4, -0.2) is 55.2 Å². The Kier molecular flexibility index (Phi) is 3.66. The lowest BCUT2D eigenvalue weighted by molar-refractivity contribution is -0.0494. The van der Waals surface area contributed by atoms with Gasteiger partial charge in [-0.15, -0.1) is 0 Å². The minimum atomic E-state index is -1.15. The number of fused-ring (bicyclic) bond motifs is 1. The number of alkyl halides is 1. The SMILES string of the molecule is Nc1nc(Cl)c2ncn(C3OC(CO)C(CF)C3O)c2n1. The summed E-state index contributed by atoms with van der Waals surface area (Å²) in [6, 6.07) is 0. The minimum absolute atomic E-state index is 0.0533. The second kappa shape index (κ2) is 5.34. The third-order valence-electron chi connectivity index (χ3n) is 3.55. The molecule has 10 heteroatoms. The van der Waals surface area contributed by atoms with Gasteiger partial charge in [-0.05, 0) is 0 Å². The van der Waals surface area contributed by atoms with Gasteiger partial charge in [0, 0.05) is 5.92 Å². The predicted molar refractivity (Wildman–Crippen MR) is 71.2 cm³/mol. The lowest BCUT2D eigenvalue weighted by Gasteiger charge is -2.17. The summed E-state index contributed by atoms with van der Waals surface area (Å²) in [7, 11) is 0. The number of ether oxygens (including phenoxy) is 1. The minimum Gasteiger partial charge on any atom is -0.394 e.